The van der Waals surface area contributed by atoms with Crippen molar-refractivity contribution in [2.75, 3.05) is 13.6 Å². The SMILES string of the molecule is CCNC(=NCc1ncnn1C)N(C)Cc1ccccc1Cl.I. The molecule has 8 heteroatoms. The van der Waals surface area contributed by atoms with Crippen molar-refractivity contribution in [3.8, 4) is 0 Å². The third-order valence-electron chi connectivity index (χ3n) is 3.24. The molecule has 0 spiro atoms. The van der Waals surface area contributed by atoms with Crippen LogP contribution >= 0.6 is 35.6 Å². The van der Waals surface area contributed by atoms with Gasteiger partial charge in [-0.25, -0.2) is 9.98 Å². The summed E-state index contributed by atoms with van der Waals surface area (Å²) < 4.78 is 1.72. The summed E-state index contributed by atoms with van der Waals surface area (Å²) in [7, 11) is 3.85. The van der Waals surface area contributed by atoms with E-state index >= 15 is 0 Å². The van der Waals surface area contributed by atoms with Crippen molar-refractivity contribution >= 4 is 41.5 Å². The van der Waals surface area contributed by atoms with Gasteiger partial charge in [0.25, 0.3) is 0 Å². The number of rotatable bonds is 5. The van der Waals surface area contributed by atoms with E-state index in [0.29, 0.717) is 13.1 Å². The largest absolute Gasteiger partial charge is 0.357 e. The van der Waals surface area contributed by atoms with Crippen LogP contribution in [-0.4, -0.2) is 39.2 Å². The van der Waals surface area contributed by atoms with Crippen molar-refractivity contribution in [1.82, 2.24) is 25.0 Å². The molecule has 1 heterocycles. The van der Waals surface area contributed by atoms with Crippen molar-refractivity contribution < 1.29 is 0 Å². The zero-order valence-electron chi connectivity index (χ0n) is 13.5. The lowest BCUT2D eigenvalue weighted by atomic mass is 10.2. The van der Waals surface area contributed by atoms with Crippen LogP contribution in [-0.2, 0) is 20.1 Å². The molecule has 0 bridgehead atoms. The second-order valence-electron chi connectivity index (χ2n) is 4.92. The Balaban J connectivity index is 0.00000264. The van der Waals surface area contributed by atoms with Crippen LogP contribution in [0.2, 0.25) is 5.02 Å². The van der Waals surface area contributed by atoms with E-state index < -0.39 is 0 Å². The van der Waals surface area contributed by atoms with Gasteiger partial charge in [-0.05, 0) is 18.6 Å². The number of aromatic nitrogens is 3. The van der Waals surface area contributed by atoms with E-state index in [1.807, 2.05) is 50.2 Å². The number of nitrogens with zero attached hydrogens (tertiary/aromatic N) is 5. The number of hydrogen-bond donors (Lipinski definition) is 1. The summed E-state index contributed by atoms with van der Waals surface area (Å²) in [5.41, 5.74) is 1.07. The molecule has 0 saturated heterocycles. The molecule has 0 aliphatic heterocycles. The summed E-state index contributed by atoms with van der Waals surface area (Å²) in [6.07, 6.45) is 1.53. The molecule has 23 heavy (non-hydrogen) atoms. The van der Waals surface area contributed by atoms with Crippen molar-refractivity contribution in [3.05, 3.63) is 47.0 Å². The molecule has 0 amide bonds. The summed E-state index contributed by atoms with van der Waals surface area (Å²) in [5, 5.41) is 8.09. The second kappa shape index (κ2) is 9.71. The lowest BCUT2D eigenvalue weighted by Crippen LogP contribution is -2.38. The predicted molar refractivity (Wildman–Crippen MR) is 104 cm³/mol. The third-order valence-corrected chi connectivity index (χ3v) is 3.61. The molecule has 0 unspecified atom stereocenters. The van der Waals surface area contributed by atoms with Gasteiger partial charge >= 0.3 is 0 Å². The molecule has 2 rings (SSSR count). The first-order chi connectivity index (χ1) is 10.6. The molecule has 0 fully saturated rings. The Morgan fingerprint density at radius 2 is 2.13 bits per heavy atom. The molecule has 1 aromatic carbocycles. The fourth-order valence-corrected chi connectivity index (χ4v) is 2.23. The van der Waals surface area contributed by atoms with Gasteiger partial charge in [-0.15, -0.1) is 24.0 Å². The lowest BCUT2D eigenvalue weighted by Gasteiger charge is -2.22. The average molecular weight is 449 g/mol. The van der Waals surface area contributed by atoms with Crippen LogP contribution in [0.3, 0.4) is 0 Å². The molecule has 1 aromatic heterocycles. The van der Waals surface area contributed by atoms with Gasteiger partial charge in [-0.3, -0.25) is 4.68 Å². The first-order valence-corrected chi connectivity index (χ1v) is 7.55. The van der Waals surface area contributed by atoms with Crippen LogP contribution in [0.5, 0.6) is 0 Å². The first kappa shape index (κ1) is 19.7. The molecular weight excluding hydrogens is 427 g/mol. The van der Waals surface area contributed by atoms with Crippen LogP contribution in [0, 0.1) is 0 Å². The maximum Gasteiger partial charge on any atom is 0.194 e. The Kier molecular flexibility index (Phi) is 8.32. The normalized spacial score (nSPS) is 11.0. The van der Waals surface area contributed by atoms with E-state index in [4.69, 9.17) is 11.6 Å². The molecule has 0 aliphatic rings. The van der Waals surface area contributed by atoms with Crippen molar-refractivity contribution in [2.45, 2.75) is 20.0 Å². The van der Waals surface area contributed by atoms with Crippen LogP contribution in [0.25, 0.3) is 0 Å². The molecule has 0 saturated carbocycles. The molecule has 6 nitrogen and oxygen atoms in total. The van der Waals surface area contributed by atoms with Crippen molar-refractivity contribution in [2.24, 2.45) is 12.0 Å². The van der Waals surface area contributed by atoms with Gasteiger partial charge in [0.05, 0.1) is 0 Å². The number of halogens is 2. The monoisotopic (exact) mass is 448 g/mol. The summed E-state index contributed by atoms with van der Waals surface area (Å²) in [6, 6.07) is 7.83. The van der Waals surface area contributed by atoms with Crippen molar-refractivity contribution in [3.63, 3.8) is 0 Å². The number of guanidine groups is 1. The zero-order valence-corrected chi connectivity index (χ0v) is 16.6. The van der Waals surface area contributed by atoms with Crippen LogP contribution in [0.1, 0.15) is 18.3 Å². The van der Waals surface area contributed by atoms with Crippen LogP contribution in [0.15, 0.2) is 35.6 Å². The Morgan fingerprint density at radius 3 is 2.74 bits per heavy atom. The van der Waals surface area contributed by atoms with E-state index in [1.54, 1.807) is 4.68 Å². The molecular formula is C15H22ClIN6. The van der Waals surface area contributed by atoms with Gasteiger partial charge < -0.3 is 10.2 Å². The highest BCUT2D eigenvalue weighted by Gasteiger charge is 2.09. The summed E-state index contributed by atoms with van der Waals surface area (Å²) in [4.78, 5) is 10.8. The highest BCUT2D eigenvalue weighted by atomic mass is 127. The first-order valence-electron chi connectivity index (χ1n) is 7.17. The fraction of sp³-hybridized carbons (Fsp3) is 0.400. The lowest BCUT2D eigenvalue weighted by molar-refractivity contribution is 0.476. The predicted octanol–water partition coefficient (Wildman–Crippen LogP) is 2.68. The van der Waals surface area contributed by atoms with Gasteiger partial charge in [-0.1, -0.05) is 29.8 Å². The fourth-order valence-electron chi connectivity index (χ4n) is 2.04. The summed E-state index contributed by atoms with van der Waals surface area (Å²) in [5.74, 6) is 1.63. The molecule has 2 aromatic rings. The quantitative estimate of drug-likeness (QED) is 0.434. The van der Waals surface area contributed by atoms with E-state index in [9.17, 15) is 0 Å². The van der Waals surface area contributed by atoms with Gasteiger partial charge in [0, 0.05) is 32.2 Å². The van der Waals surface area contributed by atoms with Crippen molar-refractivity contribution in [1.29, 1.82) is 0 Å². The minimum atomic E-state index is 0. The van der Waals surface area contributed by atoms with E-state index in [2.05, 4.69) is 20.4 Å². The highest BCUT2D eigenvalue weighted by molar-refractivity contribution is 14.0. The minimum Gasteiger partial charge on any atom is -0.357 e. The number of benzene rings is 1. The van der Waals surface area contributed by atoms with Gasteiger partial charge in [0.1, 0.15) is 18.7 Å². The molecule has 126 valence electrons. The Morgan fingerprint density at radius 1 is 1.39 bits per heavy atom. The Hall–Kier alpha value is -1.35. The number of aryl methyl sites for hydroxylation is 1. The van der Waals surface area contributed by atoms with Gasteiger partial charge in [0.15, 0.2) is 5.96 Å². The van der Waals surface area contributed by atoms with Gasteiger partial charge in [-0.2, -0.15) is 5.10 Å². The minimum absolute atomic E-state index is 0. The Bertz CT molecular complexity index is 642. The average Bonchev–Trinajstić information content (AvgIpc) is 2.91. The molecule has 0 atom stereocenters. The summed E-state index contributed by atoms with van der Waals surface area (Å²) >= 11 is 6.22. The maximum atomic E-state index is 6.22. The zero-order chi connectivity index (χ0) is 15.9. The standard InChI is InChI=1S/C15H21ClN6.HI/c1-4-17-15(18-9-14-19-11-20-22(14)3)21(2)10-12-7-5-6-8-13(12)16;/h5-8,11H,4,9-10H2,1-3H3,(H,17,18);1H. The maximum absolute atomic E-state index is 6.22. The van der Waals surface area contributed by atoms with Crippen LogP contribution in [0.4, 0.5) is 0 Å². The number of nitrogens with one attached hydrogen (secondary N) is 1. The molecule has 0 radical (unpaired) electrons. The molecule has 0 aliphatic carbocycles. The summed E-state index contributed by atoms with van der Waals surface area (Å²) in [6.45, 7) is 4.00. The second-order valence-corrected chi connectivity index (χ2v) is 5.32. The van der Waals surface area contributed by atoms with Gasteiger partial charge in [0.2, 0.25) is 0 Å². The van der Waals surface area contributed by atoms with E-state index in [-0.39, 0.29) is 24.0 Å². The Labute approximate surface area is 159 Å². The van der Waals surface area contributed by atoms with Crippen LogP contribution < -0.4 is 5.32 Å². The van der Waals surface area contributed by atoms with E-state index in [1.165, 1.54) is 6.33 Å². The number of aliphatic imine (C=N–C) groups is 1. The third kappa shape index (κ3) is 5.65. The van der Waals surface area contributed by atoms with E-state index in [0.717, 1.165) is 28.9 Å². The molecule has 1 N–H and O–H groups in total. The smallest absolute Gasteiger partial charge is 0.194 e. The topological polar surface area (TPSA) is 58.3 Å². The highest BCUT2D eigenvalue weighted by Crippen LogP contribution is 2.16. The number of hydrogen-bond acceptors (Lipinski definition) is 3.